The Morgan fingerprint density at radius 1 is 1.15 bits per heavy atom. The number of alkyl halides is 3. The van der Waals surface area contributed by atoms with Crippen molar-refractivity contribution in [2.24, 2.45) is 0 Å². The summed E-state index contributed by atoms with van der Waals surface area (Å²) in [6, 6.07) is 8.03. The van der Waals surface area contributed by atoms with Crippen LogP contribution in [0.1, 0.15) is 18.2 Å². The van der Waals surface area contributed by atoms with Crippen molar-refractivity contribution in [2.75, 3.05) is 0 Å². The summed E-state index contributed by atoms with van der Waals surface area (Å²) in [7, 11) is 0. The van der Waals surface area contributed by atoms with Crippen LogP contribution in [0.4, 0.5) is 13.2 Å². The van der Waals surface area contributed by atoms with Gasteiger partial charge in [0.2, 0.25) is 5.91 Å². The van der Waals surface area contributed by atoms with Crippen LogP contribution in [0.2, 0.25) is 0 Å². The summed E-state index contributed by atoms with van der Waals surface area (Å²) in [5.74, 6) is 0.812. The van der Waals surface area contributed by atoms with Crippen molar-refractivity contribution in [1.29, 1.82) is 0 Å². The first-order valence-corrected chi connectivity index (χ1v) is 5.87. The minimum absolute atomic E-state index is 0.183. The lowest BCUT2D eigenvalue weighted by Crippen LogP contribution is -2.18. The van der Waals surface area contributed by atoms with E-state index in [2.05, 4.69) is 5.32 Å². The predicted octanol–water partition coefficient (Wildman–Crippen LogP) is 3.60. The minimum atomic E-state index is -4.35. The number of hydrogen-bond acceptors (Lipinski definition) is 2. The highest BCUT2D eigenvalue weighted by molar-refractivity contribution is 5.72. The van der Waals surface area contributed by atoms with Gasteiger partial charge < -0.3 is 9.73 Å². The fourth-order valence-electron chi connectivity index (χ4n) is 1.66. The van der Waals surface area contributed by atoms with Gasteiger partial charge in [-0.1, -0.05) is 12.1 Å². The number of carbonyl (C=O) groups is 1. The molecule has 1 N–H and O–H groups in total. The summed E-state index contributed by atoms with van der Waals surface area (Å²) in [4.78, 5) is 10.8. The average molecular weight is 283 g/mol. The predicted molar refractivity (Wildman–Crippen MR) is 66.7 cm³/mol. The summed E-state index contributed by atoms with van der Waals surface area (Å²) in [5.41, 5.74) is -0.154. The fourth-order valence-corrected chi connectivity index (χ4v) is 1.66. The molecule has 0 atom stereocenters. The second-order valence-electron chi connectivity index (χ2n) is 4.25. The van der Waals surface area contributed by atoms with Crippen molar-refractivity contribution in [1.82, 2.24) is 5.32 Å². The van der Waals surface area contributed by atoms with E-state index in [1.807, 2.05) is 0 Å². The van der Waals surface area contributed by atoms with Crippen LogP contribution in [-0.2, 0) is 17.5 Å². The number of rotatable bonds is 3. The molecule has 0 aliphatic rings. The SMILES string of the molecule is CC(=O)NCc1ccc(-c2ccc(C(F)(F)F)cc2)o1. The molecule has 20 heavy (non-hydrogen) atoms. The standard InChI is InChI=1S/C14H12F3NO2/c1-9(19)18-8-12-6-7-13(20-12)10-2-4-11(5-3-10)14(15,16)17/h2-7H,8H2,1H3,(H,18,19). The lowest BCUT2D eigenvalue weighted by atomic mass is 10.1. The van der Waals surface area contributed by atoms with Crippen molar-refractivity contribution in [3.63, 3.8) is 0 Å². The topological polar surface area (TPSA) is 42.2 Å². The Bertz CT molecular complexity index is 600. The largest absolute Gasteiger partial charge is 0.459 e. The normalized spacial score (nSPS) is 11.4. The molecule has 0 aliphatic carbocycles. The van der Waals surface area contributed by atoms with E-state index in [1.54, 1.807) is 12.1 Å². The Hall–Kier alpha value is -2.24. The average Bonchev–Trinajstić information content (AvgIpc) is 2.84. The highest BCUT2D eigenvalue weighted by Crippen LogP contribution is 2.31. The molecule has 0 unspecified atom stereocenters. The summed E-state index contributed by atoms with van der Waals surface area (Å²) < 4.78 is 42.8. The highest BCUT2D eigenvalue weighted by Gasteiger charge is 2.30. The zero-order valence-corrected chi connectivity index (χ0v) is 10.6. The van der Waals surface area contributed by atoms with Crippen molar-refractivity contribution in [3.05, 3.63) is 47.7 Å². The molecule has 2 aromatic rings. The molecule has 2 rings (SSSR count). The number of halogens is 3. The van der Waals surface area contributed by atoms with Crippen LogP contribution in [0.5, 0.6) is 0 Å². The van der Waals surface area contributed by atoms with Crippen molar-refractivity contribution < 1.29 is 22.4 Å². The van der Waals surface area contributed by atoms with E-state index in [0.717, 1.165) is 12.1 Å². The van der Waals surface area contributed by atoms with Crippen LogP contribution in [0, 0.1) is 0 Å². The molecule has 106 valence electrons. The van der Waals surface area contributed by atoms with E-state index < -0.39 is 11.7 Å². The van der Waals surface area contributed by atoms with Crippen molar-refractivity contribution in [3.8, 4) is 11.3 Å². The monoisotopic (exact) mass is 283 g/mol. The molecule has 0 saturated heterocycles. The number of amides is 1. The van der Waals surface area contributed by atoms with Gasteiger partial charge in [0.25, 0.3) is 0 Å². The van der Waals surface area contributed by atoms with Crippen LogP contribution >= 0.6 is 0 Å². The fraction of sp³-hybridized carbons (Fsp3) is 0.214. The number of carbonyl (C=O) groups excluding carboxylic acids is 1. The Balaban J connectivity index is 2.14. The van der Waals surface area contributed by atoms with Gasteiger partial charge in [-0.3, -0.25) is 4.79 Å². The summed E-state index contributed by atoms with van der Waals surface area (Å²) in [5, 5.41) is 2.57. The quantitative estimate of drug-likeness (QED) is 0.935. The van der Waals surface area contributed by atoms with Crippen molar-refractivity contribution >= 4 is 5.91 Å². The number of hydrogen-bond donors (Lipinski definition) is 1. The Kier molecular flexibility index (Phi) is 3.83. The maximum Gasteiger partial charge on any atom is 0.416 e. The second kappa shape index (κ2) is 5.40. The molecule has 0 bridgehead atoms. The van der Waals surface area contributed by atoms with Crippen LogP contribution < -0.4 is 5.32 Å². The summed E-state index contributed by atoms with van der Waals surface area (Å²) in [6.07, 6.45) is -4.35. The second-order valence-corrected chi connectivity index (χ2v) is 4.25. The first-order valence-electron chi connectivity index (χ1n) is 5.87. The van der Waals surface area contributed by atoms with Gasteiger partial charge in [0, 0.05) is 12.5 Å². The number of benzene rings is 1. The van der Waals surface area contributed by atoms with Crippen LogP contribution in [0.25, 0.3) is 11.3 Å². The van der Waals surface area contributed by atoms with E-state index in [9.17, 15) is 18.0 Å². The van der Waals surface area contributed by atoms with Gasteiger partial charge in [0.05, 0.1) is 12.1 Å². The lowest BCUT2D eigenvalue weighted by molar-refractivity contribution is -0.137. The number of nitrogens with one attached hydrogen (secondary N) is 1. The summed E-state index contributed by atoms with van der Waals surface area (Å²) in [6.45, 7) is 1.63. The zero-order chi connectivity index (χ0) is 14.8. The molecule has 1 aromatic heterocycles. The van der Waals surface area contributed by atoms with Gasteiger partial charge in [-0.25, -0.2) is 0 Å². The van der Waals surface area contributed by atoms with E-state index in [0.29, 0.717) is 17.1 Å². The molecule has 0 saturated carbocycles. The number of furan rings is 1. The van der Waals surface area contributed by atoms with E-state index in [1.165, 1.54) is 19.1 Å². The maximum atomic E-state index is 12.4. The van der Waals surface area contributed by atoms with Gasteiger partial charge in [-0.15, -0.1) is 0 Å². The Morgan fingerprint density at radius 2 is 1.80 bits per heavy atom. The van der Waals surface area contributed by atoms with Gasteiger partial charge in [-0.05, 0) is 24.3 Å². The summed E-state index contributed by atoms with van der Waals surface area (Å²) >= 11 is 0. The third kappa shape index (κ3) is 3.40. The molecular formula is C14H12F3NO2. The van der Waals surface area contributed by atoms with Crippen molar-refractivity contribution in [2.45, 2.75) is 19.6 Å². The van der Waals surface area contributed by atoms with E-state index >= 15 is 0 Å². The Morgan fingerprint density at radius 3 is 2.35 bits per heavy atom. The van der Waals surface area contributed by atoms with Crippen LogP contribution in [0.15, 0.2) is 40.8 Å². The maximum absolute atomic E-state index is 12.4. The molecule has 1 amide bonds. The molecule has 0 fully saturated rings. The smallest absolute Gasteiger partial charge is 0.416 e. The first-order chi connectivity index (χ1) is 9.36. The molecular weight excluding hydrogens is 271 g/mol. The van der Waals surface area contributed by atoms with Crippen LogP contribution in [0.3, 0.4) is 0 Å². The molecule has 0 spiro atoms. The molecule has 1 heterocycles. The van der Waals surface area contributed by atoms with Gasteiger partial charge in [0.1, 0.15) is 11.5 Å². The van der Waals surface area contributed by atoms with Gasteiger partial charge >= 0.3 is 6.18 Å². The molecule has 0 aliphatic heterocycles. The third-order valence-corrected chi connectivity index (χ3v) is 2.67. The van der Waals surface area contributed by atoms with E-state index in [-0.39, 0.29) is 12.5 Å². The minimum Gasteiger partial charge on any atom is -0.459 e. The molecule has 3 nitrogen and oxygen atoms in total. The first kappa shape index (κ1) is 14.2. The molecule has 0 radical (unpaired) electrons. The molecule has 6 heteroatoms. The highest BCUT2D eigenvalue weighted by atomic mass is 19.4. The van der Waals surface area contributed by atoms with Gasteiger partial charge in [-0.2, -0.15) is 13.2 Å². The van der Waals surface area contributed by atoms with Gasteiger partial charge in [0.15, 0.2) is 0 Å². The van der Waals surface area contributed by atoms with E-state index in [4.69, 9.17) is 4.42 Å². The Labute approximate surface area is 113 Å². The lowest BCUT2D eigenvalue weighted by Gasteiger charge is -2.06. The van der Waals surface area contributed by atoms with Crippen LogP contribution in [-0.4, -0.2) is 5.91 Å². The zero-order valence-electron chi connectivity index (χ0n) is 10.6. The third-order valence-electron chi connectivity index (χ3n) is 2.67. The molecule has 1 aromatic carbocycles.